The second-order valence-corrected chi connectivity index (χ2v) is 8.08. The Labute approximate surface area is 163 Å². The molecule has 0 bridgehead atoms. The first-order chi connectivity index (χ1) is 13.0. The number of hydrogen-bond acceptors (Lipinski definition) is 4. The summed E-state index contributed by atoms with van der Waals surface area (Å²) in [6.45, 7) is 6.19. The number of rotatable bonds is 6. The van der Waals surface area contributed by atoms with Crippen LogP contribution >= 0.6 is 11.8 Å². The van der Waals surface area contributed by atoms with Gasteiger partial charge >= 0.3 is 0 Å². The number of nitrogens with zero attached hydrogens (tertiary/aromatic N) is 2. The second kappa shape index (κ2) is 8.44. The van der Waals surface area contributed by atoms with Crippen LogP contribution in [-0.2, 0) is 6.42 Å². The molecule has 0 amide bonds. The Bertz CT molecular complexity index is 966. The van der Waals surface area contributed by atoms with Crippen LogP contribution in [0.3, 0.4) is 0 Å². The van der Waals surface area contributed by atoms with Gasteiger partial charge in [-0.05, 0) is 31.0 Å². The molecule has 3 rings (SSSR count). The van der Waals surface area contributed by atoms with Crippen molar-refractivity contribution in [1.82, 2.24) is 9.55 Å². The van der Waals surface area contributed by atoms with E-state index in [2.05, 4.69) is 18.8 Å². The Morgan fingerprint density at radius 2 is 1.78 bits per heavy atom. The van der Waals surface area contributed by atoms with Crippen molar-refractivity contribution in [2.75, 3.05) is 0 Å². The van der Waals surface area contributed by atoms with Gasteiger partial charge in [-0.3, -0.25) is 9.36 Å². The van der Waals surface area contributed by atoms with Crippen LogP contribution in [0.2, 0.25) is 0 Å². The van der Waals surface area contributed by atoms with Gasteiger partial charge in [-0.15, -0.1) is 0 Å². The lowest BCUT2D eigenvalue weighted by Gasteiger charge is -2.17. The van der Waals surface area contributed by atoms with Crippen molar-refractivity contribution in [2.45, 2.75) is 44.0 Å². The Morgan fingerprint density at radius 1 is 1.11 bits per heavy atom. The molecule has 1 atom stereocenters. The molecule has 0 saturated heterocycles. The molecule has 0 aliphatic heterocycles. The van der Waals surface area contributed by atoms with Crippen LogP contribution in [-0.4, -0.2) is 19.9 Å². The Kier molecular flexibility index (Phi) is 6.01. The van der Waals surface area contributed by atoms with Gasteiger partial charge in [-0.2, -0.15) is 4.98 Å². The molecule has 0 aliphatic carbocycles. The average molecular weight is 381 g/mol. The van der Waals surface area contributed by atoms with E-state index in [1.54, 1.807) is 4.57 Å². The fraction of sp³-hybridized carbons (Fsp3) is 0.273. The molecule has 0 saturated carbocycles. The van der Waals surface area contributed by atoms with Crippen LogP contribution in [0.25, 0.3) is 5.69 Å². The van der Waals surface area contributed by atoms with Gasteiger partial charge in [0.1, 0.15) is 0 Å². The lowest BCUT2D eigenvalue weighted by molar-refractivity contribution is 0.433. The average Bonchev–Trinajstić information content (AvgIpc) is 2.67. The number of hydrogen-bond donors (Lipinski definition) is 1. The van der Waals surface area contributed by atoms with E-state index in [9.17, 15) is 9.90 Å². The number of aromatic hydroxyl groups is 1. The fourth-order valence-electron chi connectivity index (χ4n) is 2.74. The van der Waals surface area contributed by atoms with Gasteiger partial charge in [-0.25, -0.2) is 0 Å². The van der Waals surface area contributed by atoms with Crippen LogP contribution in [0, 0.1) is 6.92 Å². The van der Waals surface area contributed by atoms with Crippen LogP contribution in [0.5, 0.6) is 5.88 Å². The van der Waals surface area contributed by atoms with Gasteiger partial charge in [-0.1, -0.05) is 73.6 Å². The number of benzene rings is 2. The smallest absolute Gasteiger partial charge is 0.266 e. The van der Waals surface area contributed by atoms with E-state index in [-0.39, 0.29) is 16.7 Å². The zero-order valence-electron chi connectivity index (χ0n) is 15.8. The first-order valence-electron chi connectivity index (χ1n) is 9.12. The third kappa shape index (κ3) is 4.42. The highest BCUT2D eigenvalue weighted by atomic mass is 32.2. The van der Waals surface area contributed by atoms with Gasteiger partial charge in [0.25, 0.3) is 5.56 Å². The Morgan fingerprint density at radius 3 is 2.41 bits per heavy atom. The lowest BCUT2D eigenvalue weighted by Crippen LogP contribution is -2.26. The fourth-order valence-corrected chi connectivity index (χ4v) is 3.70. The minimum Gasteiger partial charge on any atom is -0.493 e. The van der Waals surface area contributed by atoms with Crippen molar-refractivity contribution in [1.29, 1.82) is 0 Å². The van der Waals surface area contributed by atoms with Gasteiger partial charge in [0.15, 0.2) is 5.16 Å². The van der Waals surface area contributed by atoms with E-state index >= 15 is 0 Å². The standard InChI is InChI=1S/C22H24N2O2S/c1-4-16(3)27-22-23-20(25)19(14-17-8-6-5-7-9-17)21(26)24(22)18-12-10-15(2)11-13-18/h5-13,16,25H,4,14H2,1-3H3. The highest BCUT2D eigenvalue weighted by Crippen LogP contribution is 2.28. The van der Waals surface area contributed by atoms with E-state index < -0.39 is 0 Å². The molecule has 27 heavy (non-hydrogen) atoms. The SMILES string of the molecule is CCC(C)Sc1nc(O)c(Cc2ccccc2)c(=O)n1-c1ccc(C)cc1. The van der Waals surface area contributed by atoms with Gasteiger partial charge in [0.05, 0.1) is 11.3 Å². The molecule has 4 nitrogen and oxygen atoms in total. The van der Waals surface area contributed by atoms with E-state index in [0.29, 0.717) is 17.1 Å². The quantitative estimate of drug-likeness (QED) is 0.496. The molecule has 1 heterocycles. The van der Waals surface area contributed by atoms with Crippen molar-refractivity contribution in [3.05, 3.63) is 81.6 Å². The molecule has 0 spiro atoms. The first-order valence-corrected chi connectivity index (χ1v) is 10.00. The van der Waals surface area contributed by atoms with E-state index in [1.165, 1.54) is 11.8 Å². The molecule has 0 fully saturated rings. The molecular formula is C22H24N2O2S. The molecule has 1 unspecified atom stereocenters. The summed E-state index contributed by atoms with van der Waals surface area (Å²) < 4.78 is 1.62. The summed E-state index contributed by atoms with van der Waals surface area (Å²) in [5, 5.41) is 11.3. The minimum absolute atomic E-state index is 0.182. The summed E-state index contributed by atoms with van der Waals surface area (Å²) in [7, 11) is 0. The van der Waals surface area contributed by atoms with Gasteiger partial charge in [0.2, 0.25) is 5.88 Å². The predicted molar refractivity (Wildman–Crippen MR) is 111 cm³/mol. The topological polar surface area (TPSA) is 55.1 Å². The third-order valence-electron chi connectivity index (χ3n) is 4.52. The summed E-state index contributed by atoms with van der Waals surface area (Å²) in [6.07, 6.45) is 1.29. The molecule has 3 aromatic rings. The molecule has 1 aromatic heterocycles. The molecule has 2 aromatic carbocycles. The summed E-state index contributed by atoms with van der Waals surface area (Å²) in [4.78, 5) is 17.7. The van der Waals surface area contributed by atoms with Crippen LogP contribution in [0.15, 0.2) is 64.5 Å². The summed E-state index contributed by atoms with van der Waals surface area (Å²) in [5.74, 6) is -0.182. The number of thioether (sulfide) groups is 1. The number of aryl methyl sites for hydroxylation is 1. The highest BCUT2D eigenvalue weighted by Gasteiger charge is 2.19. The van der Waals surface area contributed by atoms with E-state index in [4.69, 9.17) is 0 Å². The first kappa shape index (κ1) is 19.2. The zero-order chi connectivity index (χ0) is 19.4. The summed E-state index contributed by atoms with van der Waals surface area (Å²) >= 11 is 1.50. The molecule has 0 radical (unpaired) electrons. The maximum Gasteiger partial charge on any atom is 0.266 e. The largest absolute Gasteiger partial charge is 0.493 e. The monoisotopic (exact) mass is 380 g/mol. The molecule has 5 heteroatoms. The van der Waals surface area contributed by atoms with Crippen molar-refractivity contribution in [3.63, 3.8) is 0 Å². The van der Waals surface area contributed by atoms with Crippen molar-refractivity contribution in [3.8, 4) is 11.6 Å². The minimum atomic E-state index is -0.221. The lowest BCUT2D eigenvalue weighted by atomic mass is 10.1. The highest BCUT2D eigenvalue weighted by molar-refractivity contribution is 7.99. The van der Waals surface area contributed by atoms with Crippen LogP contribution in [0.4, 0.5) is 0 Å². The maximum absolute atomic E-state index is 13.3. The normalized spacial score (nSPS) is 12.1. The Hall–Kier alpha value is -2.53. The van der Waals surface area contributed by atoms with E-state index in [0.717, 1.165) is 23.2 Å². The predicted octanol–water partition coefficient (Wildman–Crippen LogP) is 4.73. The van der Waals surface area contributed by atoms with Crippen LogP contribution in [0.1, 0.15) is 37.0 Å². The number of aromatic nitrogens is 2. The molecule has 1 N–H and O–H groups in total. The summed E-state index contributed by atoms with van der Waals surface area (Å²) in [5.41, 5.74) is 2.94. The molecule has 0 aliphatic rings. The molecule has 140 valence electrons. The van der Waals surface area contributed by atoms with Gasteiger partial charge < -0.3 is 5.11 Å². The van der Waals surface area contributed by atoms with Crippen molar-refractivity contribution >= 4 is 11.8 Å². The molecular weight excluding hydrogens is 356 g/mol. The maximum atomic E-state index is 13.3. The van der Waals surface area contributed by atoms with Gasteiger partial charge in [0, 0.05) is 11.7 Å². The second-order valence-electron chi connectivity index (χ2n) is 6.67. The van der Waals surface area contributed by atoms with Crippen molar-refractivity contribution < 1.29 is 5.11 Å². The third-order valence-corrected chi connectivity index (χ3v) is 5.74. The van der Waals surface area contributed by atoms with Crippen LogP contribution < -0.4 is 5.56 Å². The Balaban J connectivity index is 2.15. The zero-order valence-corrected chi connectivity index (χ0v) is 16.7. The van der Waals surface area contributed by atoms with Crippen molar-refractivity contribution in [2.24, 2.45) is 0 Å². The summed E-state index contributed by atoms with van der Waals surface area (Å²) in [6, 6.07) is 17.4. The van der Waals surface area contributed by atoms with E-state index in [1.807, 2.05) is 61.5 Å².